The maximum atomic E-state index is 11.6. The molecule has 1 unspecified atom stereocenters. The molecule has 10 heteroatoms. The second-order valence-electron chi connectivity index (χ2n) is 3.66. The van der Waals surface area contributed by atoms with E-state index in [1.807, 2.05) is 0 Å². The van der Waals surface area contributed by atoms with Crippen molar-refractivity contribution in [2.45, 2.75) is 45.6 Å². The first-order chi connectivity index (χ1) is 10.1. The van der Waals surface area contributed by atoms with Crippen LogP contribution in [-0.2, 0) is 23.9 Å². The number of esters is 2. The molecule has 1 N–H and O–H groups in total. The Morgan fingerprint density at radius 3 is 1.77 bits per heavy atom. The van der Waals surface area contributed by atoms with Crippen molar-refractivity contribution in [2.75, 3.05) is 13.2 Å². The minimum atomic E-state index is -3.08. The molecule has 0 radical (unpaired) electrons. The van der Waals surface area contributed by atoms with Crippen LogP contribution in [0.3, 0.4) is 0 Å². The first-order valence-corrected chi connectivity index (χ1v) is 6.23. The number of aliphatic hydroxyl groups is 1. The van der Waals surface area contributed by atoms with Crippen molar-refractivity contribution in [2.24, 2.45) is 0 Å². The lowest BCUT2D eigenvalue weighted by atomic mass is 10.3. The van der Waals surface area contributed by atoms with Gasteiger partial charge in [0, 0.05) is 0 Å². The van der Waals surface area contributed by atoms with Crippen molar-refractivity contribution >= 4 is 17.7 Å². The smallest absolute Gasteiger partial charge is 0.313 e. The van der Waals surface area contributed by atoms with Gasteiger partial charge < -0.3 is 14.6 Å². The van der Waals surface area contributed by atoms with E-state index >= 15 is 0 Å². The first kappa shape index (κ1) is 22.6. The molecular weight excluding hydrogens is 316 g/mol. The van der Waals surface area contributed by atoms with E-state index in [4.69, 9.17) is 5.11 Å². The van der Waals surface area contributed by atoms with E-state index in [1.165, 1.54) is 6.92 Å². The van der Waals surface area contributed by atoms with Crippen molar-refractivity contribution < 1.29 is 46.5 Å². The van der Waals surface area contributed by atoms with Gasteiger partial charge in [0.1, 0.15) is 12.5 Å². The quantitative estimate of drug-likeness (QED) is 0.409. The highest BCUT2D eigenvalue weighted by Crippen LogP contribution is 2.05. The zero-order chi connectivity index (χ0) is 17.7. The minimum absolute atomic E-state index is 0.0926. The number of Topliss-reactive ketones (excluding diaryl/α,β-unsaturated/α-hetero) is 1. The fourth-order valence-corrected chi connectivity index (χ4v) is 0.911. The largest absolute Gasteiger partial charge is 0.466 e. The molecule has 130 valence electrons. The summed E-state index contributed by atoms with van der Waals surface area (Å²) in [6.07, 6.45) is -9.37. The van der Waals surface area contributed by atoms with Crippen LogP contribution in [0.25, 0.3) is 0 Å². The number of aliphatic hydroxyl groups excluding tert-OH is 1. The second kappa shape index (κ2) is 13.0. The number of carbonyl (C=O) groups excluding carboxylic acids is 3. The highest BCUT2D eigenvalue weighted by molar-refractivity contribution is 5.97. The Morgan fingerprint density at radius 1 is 0.955 bits per heavy atom. The predicted molar refractivity (Wildman–Crippen MR) is 65.5 cm³/mol. The van der Waals surface area contributed by atoms with Gasteiger partial charge in [0.25, 0.3) is 12.9 Å². The highest BCUT2D eigenvalue weighted by atomic mass is 19.3. The lowest BCUT2D eigenvalue weighted by Gasteiger charge is -2.07. The van der Waals surface area contributed by atoms with Crippen molar-refractivity contribution in [3.63, 3.8) is 0 Å². The Hall–Kier alpha value is -1.71. The Kier molecular flexibility index (Phi) is 13.3. The summed E-state index contributed by atoms with van der Waals surface area (Å²) >= 11 is 0. The normalized spacial score (nSPS) is 11.5. The zero-order valence-electron chi connectivity index (χ0n) is 12.1. The molecule has 0 spiro atoms. The number of hydrogen-bond donors (Lipinski definition) is 1. The Morgan fingerprint density at radius 2 is 1.41 bits per heavy atom. The molecule has 0 aliphatic carbocycles. The number of rotatable bonds is 8. The van der Waals surface area contributed by atoms with Crippen molar-refractivity contribution in [1.82, 2.24) is 0 Å². The van der Waals surface area contributed by atoms with E-state index in [2.05, 4.69) is 9.47 Å². The number of ketones is 1. The molecule has 0 aromatic carbocycles. The van der Waals surface area contributed by atoms with Gasteiger partial charge in [0.05, 0.1) is 19.6 Å². The van der Waals surface area contributed by atoms with Crippen LogP contribution in [0, 0.1) is 0 Å². The molecule has 0 aromatic heterocycles. The topological polar surface area (TPSA) is 89.9 Å². The third kappa shape index (κ3) is 13.3. The van der Waals surface area contributed by atoms with Crippen molar-refractivity contribution in [3.8, 4) is 0 Å². The molecule has 6 nitrogen and oxygen atoms in total. The Bertz CT molecular complexity index is 349. The minimum Gasteiger partial charge on any atom is -0.466 e. The molecule has 0 saturated heterocycles. The van der Waals surface area contributed by atoms with Crippen LogP contribution in [0.15, 0.2) is 0 Å². The van der Waals surface area contributed by atoms with Gasteiger partial charge in [-0.25, -0.2) is 17.6 Å². The molecular formula is C12H18F4O6. The summed E-state index contributed by atoms with van der Waals surface area (Å²) in [7, 11) is 0. The van der Waals surface area contributed by atoms with Gasteiger partial charge in [0.2, 0.25) is 5.78 Å². The third-order valence-corrected chi connectivity index (χ3v) is 1.84. The molecule has 22 heavy (non-hydrogen) atoms. The molecule has 0 aromatic rings. The van der Waals surface area contributed by atoms with Gasteiger partial charge in [-0.1, -0.05) is 0 Å². The number of alkyl halides is 4. The van der Waals surface area contributed by atoms with Gasteiger partial charge in [-0.05, 0) is 13.8 Å². The van der Waals surface area contributed by atoms with Gasteiger partial charge >= 0.3 is 11.9 Å². The van der Waals surface area contributed by atoms with Crippen LogP contribution in [-0.4, -0.2) is 55.0 Å². The number of ether oxygens (including phenoxy) is 2. The number of hydrogen-bond acceptors (Lipinski definition) is 6. The second-order valence-corrected chi connectivity index (χ2v) is 3.66. The van der Waals surface area contributed by atoms with Crippen molar-refractivity contribution in [1.29, 1.82) is 0 Å². The molecule has 0 bridgehead atoms. The number of halogens is 4. The van der Waals surface area contributed by atoms with E-state index in [0.717, 1.165) is 0 Å². The number of carbonyl (C=O) groups is 3. The van der Waals surface area contributed by atoms with Crippen LogP contribution >= 0.6 is 0 Å². The molecule has 0 rings (SSSR count). The van der Waals surface area contributed by atoms with E-state index in [1.54, 1.807) is 6.92 Å². The zero-order valence-corrected chi connectivity index (χ0v) is 12.1. The molecule has 0 aliphatic heterocycles. The molecule has 0 saturated carbocycles. The highest BCUT2D eigenvalue weighted by Gasteiger charge is 2.21. The van der Waals surface area contributed by atoms with Gasteiger partial charge in [-0.2, -0.15) is 0 Å². The summed E-state index contributed by atoms with van der Waals surface area (Å²) in [5.74, 6) is -3.11. The molecule has 1 atom stereocenters. The van der Waals surface area contributed by atoms with E-state index in [9.17, 15) is 31.9 Å². The van der Waals surface area contributed by atoms with E-state index in [0.29, 0.717) is 0 Å². The monoisotopic (exact) mass is 334 g/mol. The standard InChI is InChI=1S/C6H10F2O3.C6H8F2O3/c2*1-2-11-5(10)3-4(9)6(7)8/h4,6,9H,2-3H2,1H3;6H,2-3H2,1H3. The Labute approximate surface area is 124 Å². The summed E-state index contributed by atoms with van der Waals surface area (Å²) < 4.78 is 54.7. The summed E-state index contributed by atoms with van der Waals surface area (Å²) in [5.41, 5.74) is 0. The third-order valence-electron chi connectivity index (χ3n) is 1.84. The molecule has 0 amide bonds. The molecule has 0 heterocycles. The summed E-state index contributed by atoms with van der Waals surface area (Å²) in [4.78, 5) is 31.0. The maximum Gasteiger partial charge on any atom is 0.313 e. The average Bonchev–Trinajstić information content (AvgIpc) is 2.39. The van der Waals surface area contributed by atoms with Crippen LogP contribution < -0.4 is 0 Å². The average molecular weight is 334 g/mol. The molecule has 0 aliphatic rings. The Balaban J connectivity index is 0. The van der Waals surface area contributed by atoms with Crippen LogP contribution in [0.5, 0.6) is 0 Å². The van der Waals surface area contributed by atoms with Gasteiger partial charge in [-0.3, -0.25) is 14.4 Å². The summed E-state index contributed by atoms with van der Waals surface area (Å²) in [6.45, 7) is 3.32. The summed E-state index contributed by atoms with van der Waals surface area (Å²) in [5, 5.41) is 8.47. The van der Waals surface area contributed by atoms with Gasteiger partial charge in [0.15, 0.2) is 0 Å². The van der Waals surface area contributed by atoms with Crippen LogP contribution in [0.2, 0.25) is 0 Å². The van der Waals surface area contributed by atoms with Crippen LogP contribution in [0.1, 0.15) is 26.7 Å². The predicted octanol–water partition coefficient (Wildman–Crippen LogP) is 1.34. The lowest BCUT2D eigenvalue weighted by Crippen LogP contribution is -2.22. The van der Waals surface area contributed by atoms with E-state index < -0.39 is 49.5 Å². The van der Waals surface area contributed by atoms with E-state index in [-0.39, 0.29) is 13.2 Å². The summed E-state index contributed by atoms with van der Waals surface area (Å²) in [6, 6.07) is 0. The maximum absolute atomic E-state index is 11.6. The first-order valence-electron chi connectivity index (χ1n) is 6.23. The fourth-order valence-electron chi connectivity index (χ4n) is 0.911. The lowest BCUT2D eigenvalue weighted by molar-refractivity contribution is -0.149. The van der Waals surface area contributed by atoms with Gasteiger partial charge in [-0.15, -0.1) is 0 Å². The molecule has 0 fully saturated rings. The van der Waals surface area contributed by atoms with Crippen molar-refractivity contribution in [3.05, 3.63) is 0 Å². The SMILES string of the molecule is CCOC(=O)CC(=O)C(F)F.CCOC(=O)CC(O)C(F)F. The van der Waals surface area contributed by atoms with Crippen LogP contribution in [0.4, 0.5) is 17.6 Å². The fraction of sp³-hybridized carbons (Fsp3) is 0.750.